The van der Waals surface area contributed by atoms with Crippen LogP contribution in [0.3, 0.4) is 0 Å². The molecule has 214 valence electrons. The van der Waals surface area contributed by atoms with E-state index in [-0.39, 0.29) is 35.6 Å². The molecule has 7 nitrogen and oxygen atoms in total. The topological polar surface area (TPSA) is 81.8 Å². The number of anilines is 2. The second kappa shape index (κ2) is 13.1. The highest BCUT2D eigenvalue weighted by Gasteiger charge is 2.25. The number of rotatable bonds is 7. The molecular formula is C33H30F2N4O3. The lowest BCUT2D eigenvalue weighted by molar-refractivity contribution is 0.0761. The Hall–Kier alpha value is -5.05. The van der Waals surface area contributed by atoms with E-state index in [0.717, 1.165) is 5.56 Å². The van der Waals surface area contributed by atoms with Crippen molar-refractivity contribution in [3.8, 4) is 0 Å². The third-order valence-corrected chi connectivity index (χ3v) is 7.13. The Kier molecular flexibility index (Phi) is 8.87. The number of nitrogens with zero attached hydrogens (tertiary/aromatic N) is 2. The van der Waals surface area contributed by atoms with Gasteiger partial charge in [0.05, 0.1) is 11.1 Å². The molecule has 0 atom stereocenters. The highest BCUT2D eigenvalue weighted by atomic mass is 19.1. The summed E-state index contributed by atoms with van der Waals surface area (Å²) in [5, 5.41) is 5.74. The van der Waals surface area contributed by atoms with Crippen LogP contribution in [0.25, 0.3) is 0 Å². The average molecular weight is 569 g/mol. The predicted molar refractivity (Wildman–Crippen MR) is 158 cm³/mol. The molecule has 4 aromatic rings. The molecule has 4 aromatic carbocycles. The number of carbonyl (C=O) groups excluding carboxylic acids is 3. The Bertz CT molecular complexity index is 1580. The van der Waals surface area contributed by atoms with E-state index in [0.29, 0.717) is 55.1 Å². The van der Waals surface area contributed by atoms with Crippen LogP contribution in [0, 0.1) is 11.6 Å². The number of hydrogen-bond donors (Lipinski definition) is 2. The Morgan fingerprint density at radius 3 is 2.21 bits per heavy atom. The monoisotopic (exact) mass is 568 g/mol. The first-order valence-electron chi connectivity index (χ1n) is 13.7. The molecule has 0 spiro atoms. The molecule has 5 rings (SSSR count). The van der Waals surface area contributed by atoms with Gasteiger partial charge in [-0.1, -0.05) is 42.5 Å². The van der Waals surface area contributed by atoms with Gasteiger partial charge >= 0.3 is 0 Å². The highest BCUT2D eigenvalue weighted by Crippen LogP contribution is 2.27. The third kappa shape index (κ3) is 6.80. The fourth-order valence-electron chi connectivity index (χ4n) is 4.91. The predicted octanol–water partition coefficient (Wildman–Crippen LogP) is 5.50. The SMILES string of the molecule is O=C(Nc1ccc(N2CCCN(C(=O)c3ccccc3F)CC2)c(C(=O)NCc2ccc(F)cc2)c1)c1ccccc1. The number of benzene rings is 4. The van der Waals surface area contributed by atoms with Crippen LogP contribution in [-0.4, -0.2) is 48.8 Å². The van der Waals surface area contributed by atoms with Crippen LogP contribution in [0.1, 0.15) is 43.1 Å². The van der Waals surface area contributed by atoms with Crippen LogP contribution in [0.5, 0.6) is 0 Å². The van der Waals surface area contributed by atoms with Crippen molar-refractivity contribution in [3.63, 3.8) is 0 Å². The number of nitrogens with one attached hydrogen (secondary N) is 2. The summed E-state index contributed by atoms with van der Waals surface area (Å²) >= 11 is 0. The van der Waals surface area contributed by atoms with Gasteiger partial charge in [0.25, 0.3) is 17.7 Å². The van der Waals surface area contributed by atoms with Crippen LogP contribution >= 0.6 is 0 Å². The van der Waals surface area contributed by atoms with Crippen molar-refractivity contribution in [1.82, 2.24) is 10.2 Å². The summed E-state index contributed by atoms with van der Waals surface area (Å²) in [6.45, 7) is 1.96. The fraction of sp³-hybridized carbons (Fsp3) is 0.182. The minimum Gasteiger partial charge on any atom is -0.369 e. The van der Waals surface area contributed by atoms with Crippen molar-refractivity contribution in [2.45, 2.75) is 13.0 Å². The Labute approximate surface area is 242 Å². The van der Waals surface area contributed by atoms with Gasteiger partial charge in [-0.3, -0.25) is 14.4 Å². The molecule has 0 aliphatic carbocycles. The number of halogens is 2. The first kappa shape index (κ1) is 28.5. The molecule has 2 N–H and O–H groups in total. The maximum Gasteiger partial charge on any atom is 0.256 e. The number of amides is 3. The summed E-state index contributed by atoms with van der Waals surface area (Å²) < 4.78 is 27.6. The normalized spacial score (nSPS) is 13.3. The quantitative estimate of drug-likeness (QED) is 0.309. The molecule has 0 radical (unpaired) electrons. The lowest BCUT2D eigenvalue weighted by Gasteiger charge is -2.26. The molecule has 0 saturated carbocycles. The largest absolute Gasteiger partial charge is 0.369 e. The Morgan fingerprint density at radius 1 is 0.714 bits per heavy atom. The van der Waals surface area contributed by atoms with Crippen LogP contribution in [0.2, 0.25) is 0 Å². The van der Waals surface area contributed by atoms with Crippen molar-refractivity contribution in [3.05, 3.63) is 131 Å². The summed E-state index contributed by atoms with van der Waals surface area (Å²) in [5.41, 5.74) is 2.69. The second-order valence-electron chi connectivity index (χ2n) is 9.97. The van der Waals surface area contributed by atoms with Crippen LogP contribution < -0.4 is 15.5 Å². The lowest BCUT2D eigenvalue weighted by Crippen LogP contribution is -2.36. The third-order valence-electron chi connectivity index (χ3n) is 7.13. The summed E-state index contributed by atoms with van der Waals surface area (Å²) in [6, 6.07) is 25.7. The Balaban J connectivity index is 1.37. The zero-order valence-electron chi connectivity index (χ0n) is 22.9. The molecule has 1 saturated heterocycles. The van der Waals surface area contributed by atoms with E-state index in [9.17, 15) is 23.2 Å². The molecule has 42 heavy (non-hydrogen) atoms. The molecule has 0 bridgehead atoms. The minimum absolute atomic E-state index is 0.0327. The molecule has 1 heterocycles. The molecule has 1 aliphatic heterocycles. The molecule has 0 aromatic heterocycles. The molecule has 1 aliphatic rings. The summed E-state index contributed by atoms with van der Waals surface area (Å²) in [4.78, 5) is 43.0. The zero-order chi connectivity index (χ0) is 29.5. The second-order valence-corrected chi connectivity index (χ2v) is 9.97. The van der Waals surface area contributed by atoms with Crippen molar-refractivity contribution >= 4 is 29.1 Å². The standard InChI is InChI=1S/C33H30F2N4O3/c34-25-13-11-23(12-14-25)22-36-32(41)28-21-26(37-31(40)24-7-2-1-3-8-24)15-16-30(28)38-17-6-18-39(20-19-38)33(42)27-9-4-5-10-29(27)35/h1-5,7-16,21H,6,17-20,22H2,(H,36,41)(H,37,40). The van der Waals surface area contributed by atoms with Gasteiger partial charge in [0.1, 0.15) is 11.6 Å². The van der Waals surface area contributed by atoms with E-state index in [1.54, 1.807) is 71.6 Å². The van der Waals surface area contributed by atoms with Gasteiger partial charge in [-0.2, -0.15) is 0 Å². The van der Waals surface area contributed by atoms with E-state index in [4.69, 9.17) is 0 Å². The molecule has 1 fully saturated rings. The Morgan fingerprint density at radius 2 is 1.45 bits per heavy atom. The van der Waals surface area contributed by atoms with Gasteiger partial charge in [0, 0.05) is 49.7 Å². The maximum absolute atomic E-state index is 14.3. The van der Waals surface area contributed by atoms with Crippen LogP contribution in [-0.2, 0) is 6.54 Å². The van der Waals surface area contributed by atoms with Crippen molar-refractivity contribution in [2.24, 2.45) is 0 Å². The zero-order valence-corrected chi connectivity index (χ0v) is 22.9. The highest BCUT2D eigenvalue weighted by molar-refractivity contribution is 6.06. The van der Waals surface area contributed by atoms with E-state index >= 15 is 0 Å². The van der Waals surface area contributed by atoms with Gasteiger partial charge in [-0.15, -0.1) is 0 Å². The van der Waals surface area contributed by atoms with E-state index in [1.165, 1.54) is 24.3 Å². The van der Waals surface area contributed by atoms with Crippen molar-refractivity contribution < 1.29 is 23.2 Å². The van der Waals surface area contributed by atoms with Gasteiger partial charge in [0.15, 0.2) is 0 Å². The fourth-order valence-corrected chi connectivity index (χ4v) is 4.91. The molecular weight excluding hydrogens is 538 g/mol. The number of carbonyl (C=O) groups is 3. The molecule has 9 heteroatoms. The average Bonchev–Trinajstić information content (AvgIpc) is 3.27. The smallest absolute Gasteiger partial charge is 0.256 e. The van der Waals surface area contributed by atoms with Gasteiger partial charge in [-0.25, -0.2) is 8.78 Å². The summed E-state index contributed by atoms with van der Waals surface area (Å²) in [7, 11) is 0. The first-order chi connectivity index (χ1) is 20.4. The molecule has 0 unspecified atom stereocenters. The number of hydrogen-bond acceptors (Lipinski definition) is 4. The first-order valence-corrected chi connectivity index (χ1v) is 13.7. The summed E-state index contributed by atoms with van der Waals surface area (Å²) in [5.74, 6) is -1.97. The van der Waals surface area contributed by atoms with Gasteiger partial charge < -0.3 is 20.4 Å². The van der Waals surface area contributed by atoms with Gasteiger partial charge in [0.2, 0.25) is 0 Å². The van der Waals surface area contributed by atoms with Crippen molar-refractivity contribution in [1.29, 1.82) is 0 Å². The lowest BCUT2D eigenvalue weighted by atomic mass is 10.1. The van der Waals surface area contributed by atoms with E-state index in [1.807, 2.05) is 11.0 Å². The molecule has 3 amide bonds. The summed E-state index contributed by atoms with van der Waals surface area (Å²) in [6.07, 6.45) is 0.614. The van der Waals surface area contributed by atoms with E-state index in [2.05, 4.69) is 10.6 Å². The van der Waals surface area contributed by atoms with Crippen molar-refractivity contribution in [2.75, 3.05) is 36.4 Å². The minimum atomic E-state index is -0.558. The van der Waals surface area contributed by atoms with E-state index < -0.39 is 5.82 Å². The van der Waals surface area contributed by atoms with Gasteiger partial charge in [-0.05, 0) is 66.6 Å². The van der Waals surface area contributed by atoms with Crippen LogP contribution in [0.4, 0.5) is 20.2 Å². The maximum atomic E-state index is 14.3. The van der Waals surface area contributed by atoms with Crippen LogP contribution in [0.15, 0.2) is 97.1 Å².